The van der Waals surface area contributed by atoms with Crippen LogP contribution in [0.3, 0.4) is 0 Å². The lowest BCUT2D eigenvalue weighted by Gasteiger charge is -1.96. The highest BCUT2D eigenvalue weighted by Crippen LogP contribution is 2.25. The average Bonchev–Trinajstić information content (AvgIpc) is 2.58. The Morgan fingerprint density at radius 1 is 1.08 bits per heavy atom. The SMILES string of the molecule is CNc1ccc2oc(NC)cc2c1. The van der Waals surface area contributed by atoms with E-state index in [1.165, 1.54) is 0 Å². The normalized spacial score (nSPS) is 10.3. The average molecular weight is 176 g/mol. The van der Waals surface area contributed by atoms with Crippen LogP contribution in [-0.2, 0) is 0 Å². The van der Waals surface area contributed by atoms with Crippen molar-refractivity contribution in [3.63, 3.8) is 0 Å². The van der Waals surface area contributed by atoms with E-state index in [-0.39, 0.29) is 0 Å². The molecule has 68 valence electrons. The zero-order valence-corrected chi connectivity index (χ0v) is 7.72. The molecule has 2 rings (SSSR count). The summed E-state index contributed by atoms with van der Waals surface area (Å²) in [6, 6.07) is 7.99. The molecule has 3 nitrogen and oxygen atoms in total. The molecule has 0 amide bonds. The van der Waals surface area contributed by atoms with Gasteiger partial charge >= 0.3 is 0 Å². The molecule has 0 bridgehead atoms. The third-order valence-electron chi connectivity index (χ3n) is 2.05. The van der Waals surface area contributed by atoms with Gasteiger partial charge in [-0.05, 0) is 18.2 Å². The Labute approximate surface area is 76.7 Å². The summed E-state index contributed by atoms with van der Waals surface area (Å²) in [5.74, 6) is 0.795. The molecular weight excluding hydrogens is 164 g/mol. The molecule has 0 aliphatic heterocycles. The Bertz CT molecular complexity index is 418. The standard InChI is InChI=1S/C10H12N2O/c1-11-8-3-4-9-7(5-8)6-10(12-2)13-9/h3-6,11-12H,1-2H3. The molecule has 1 heterocycles. The Morgan fingerprint density at radius 2 is 1.92 bits per heavy atom. The van der Waals surface area contributed by atoms with Crippen LogP contribution in [0.5, 0.6) is 0 Å². The van der Waals surface area contributed by atoms with E-state index >= 15 is 0 Å². The minimum absolute atomic E-state index is 0.795. The van der Waals surface area contributed by atoms with Crippen molar-refractivity contribution in [1.82, 2.24) is 0 Å². The third kappa shape index (κ3) is 1.33. The Balaban J connectivity index is 2.57. The van der Waals surface area contributed by atoms with Crippen molar-refractivity contribution in [2.24, 2.45) is 0 Å². The van der Waals surface area contributed by atoms with Gasteiger partial charge in [-0.1, -0.05) is 0 Å². The van der Waals surface area contributed by atoms with E-state index in [4.69, 9.17) is 4.42 Å². The van der Waals surface area contributed by atoms with E-state index in [0.717, 1.165) is 22.5 Å². The van der Waals surface area contributed by atoms with Crippen molar-refractivity contribution in [1.29, 1.82) is 0 Å². The van der Waals surface area contributed by atoms with Crippen LogP contribution in [0.1, 0.15) is 0 Å². The van der Waals surface area contributed by atoms with Crippen LogP contribution in [0, 0.1) is 0 Å². The maximum atomic E-state index is 5.48. The molecule has 0 atom stereocenters. The molecule has 2 aromatic rings. The number of furan rings is 1. The van der Waals surface area contributed by atoms with Gasteiger partial charge < -0.3 is 15.1 Å². The molecule has 0 unspecified atom stereocenters. The minimum atomic E-state index is 0.795. The van der Waals surface area contributed by atoms with Crippen molar-refractivity contribution >= 4 is 22.5 Å². The monoisotopic (exact) mass is 176 g/mol. The fraction of sp³-hybridized carbons (Fsp3) is 0.200. The molecule has 0 radical (unpaired) electrons. The van der Waals surface area contributed by atoms with E-state index in [1.807, 2.05) is 32.3 Å². The lowest BCUT2D eigenvalue weighted by molar-refractivity contribution is 0.632. The summed E-state index contributed by atoms with van der Waals surface area (Å²) in [4.78, 5) is 0. The highest BCUT2D eigenvalue weighted by molar-refractivity contribution is 5.84. The van der Waals surface area contributed by atoms with Gasteiger partial charge in [0, 0.05) is 31.2 Å². The van der Waals surface area contributed by atoms with E-state index in [0.29, 0.717) is 0 Å². The minimum Gasteiger partial charge on any atom is -0.441 e. The van der Waals surface area contributed by atoms with Crippen molar-refractivity contribution in [3.05, 3.63) is 24.3 Å². The van der Waals surface area contributed by atoms with Crippen molar-refractivity contribution < 1.29 is 4.42 Å². The van der Waals surface area contributed by atoms with Crippen LogP contribution in [0.25, 0.3) is 11.0 Å². The number of hydrogen-bond acceptors (Lipinski definition) is 3. The Hall–Kier alpha value is -1.64. The van der Waals surface area contributed by atoms with Crippen molar-refractivity contribution in [2.75, 3.05) is 24.7 Å². The fourth-order valence-corrected chi connectivity index (χ4v) is 1.32. The zero-order chi connectivity index (χ0) is 9.26. The summed E-state index contributed by atoms with van der Waals surface area (Å²) in [5, 5.41) is 7.16. The predicted octanol–water partition coefficient (Wildman–Crippen LogP) is 2.52. The number of rotatable bonds is 2. The van der Waals surface area contributed by atoms with E-state index < -0.39 is 0 Å². The van der Waals surface area contributed by atoms with Gasteiger partial charge in [0.05, 0.1) is 0 Å². The molecule has 0 fully saturated rings. The fourth-order valence-electron chi connectivity index (χ4n) is 1.32. The Kier molecular flexibility index (Phi) is 1.85. The molecule has 0 saturated carbocycles. The number of hydrogen-bond donors (Lipinski definition) is 2. The van der Waals surface area contributed by atoms with Crippen LogP contribution >= 0.6 is 0 Å². The largest absolute Gasteiger partial charge is 0.441 e. The molecule has 0 aliphatic carbocycles. The number of anilines is 2. The van der Waals surface area contributed by atoms with Crippen LogP contribution in [0.4, 0.5) is 11.6 Å². The molecule has 0 saturated heterocycles. The molecule has 2 N–H and O–H groups in total. The second kappa shape index (κ2) is 3.01. The summed E-state index contributed by atoms with van der Waals surface area (Å²) < 4.78 is 5.48. The summed E-state index contributed by atoms with van der Waals surface area (Å²) in [6.07, 6.45) is 0. The highest BCUT2D eigenvalue weighted by atomic mass is 16.3. The lowest BCUT2D eigenvalue weighted by Crippen LogP contribution is -1.85. The van der Waals surface area contributed by atoms with Gasteiger partial charge in [-0.25, -0.2) is 0 Å². The zero-order valence-electron chi connectivity index (χ0n) is 7.72. The molecule has 3 heteroatoms. The topological polar surface area (TPSA) is 37.2 Å². The smallest absolute Gasteiger partial charge is 0.193 e. The third-order valence-corrected chi connectivity index (χ3v) is 2.05. The summed E-state index contributed by atoms with van der Waals surface area (Å²) in [7, 11) is 3.75. The summed E-state index contributed by atoms with van der Waals surface area (Å²) >= 11 is 0. The van der Waals surface area contributed by atoms with Gasteiger partial charge in [0.1, 0.15) is 5.58 Å². The first-order valence-corrected chi connectivity index (χ1v) is 4.22. The number of nitrogens with one attached hydrogen (secondary N) is 2. The second-order valence-corrected chi connectivity index (χ2v) is 2.86. The van der Waals surface area contributed by atoms with E-state index in [2.05, 4.69) is 16.7 Å². The quantitative estimate of drug-likeness (QED) is 0.738. The maximum absolute atomic E-state index is 5.48. The Morgan fingerprint density at radius 3 is 2.62 bits per heavy atom. The van der Waals surface area contributed by atoms with E-state index in [1.54, 1.807) is 0 Å². The van der Waals surface area contributed by atoms with Crippen LogP contribution < -0.4 is 10.6 Å². The lowest BCUT2D eigenvalue weighted by atomic mass is 10.2. The van der Waals surface area contributed by atoms with Crippen LogP contribution in [0.15, 0.2) is 28.7 Å². The predicted molar refractivity (Wildman–Crippen MR) is 55.3 cm³/mol. The van der Waals surface area contributed by atoms with Gasteiger partial charge in [-0.2, -0.15) is 0 Å². The van der Waals surface area contributed by atoms with Gasteiger partial charge in [0.2, 0.25) is 0 Å². The molecule has 13 heavy (non-hydrogen) atoms. The molecule has 0 spiro atoms. The second-order valence-electron chi connectivity index (χ2n) is 2.86. The highest BCUT2D eigenvalue weighted by Gasteiger charge is 2.01. The first kappa shape index (κ1) is 7.98. The van der Waals surface area contributed by atoms with Gasteiger partial charge in [-0.15, -0.1) is 0 Å². The molecule has 1 aromatic carbocycles. The van der Waals surface area contributed by atoms with Crippen LogP contribution in [-0.4, -0.2) is 14.1 Å². The number of benzene rings is 1. The first-order chi connectivity index (χ1) is 6.33. The van der Waals surface area contributed by atoms with Crippen LogP contribution in [0.2, 0.25) is 0 Å². The summed E-state index contributed by atoms with van der Waals surface area (Å²) in [6.45, 7) is 0. The number of fused-ring (bicyclic) bond motifs is 1. The van der Waals surface area contributed by atoms with E-state index in [9.17, 15) is 0 Å². The van der Waals surface area contributed by atoms with Gasteiger partial charge in [0.25, 0.3) is 0 Å². The molecule has 1 aromatic heterocycles. The van der Waals surface area contributed by atoms with Crippen molar-refractivity contribution in [3.8, 4) is 0 Å². The molecular formula is C10H12N2O. The van der Waals surface area contributed by atoms with Gasteiger partial charge in [-0.3, -0.25) is 0 Å². The summed E-state index contributed by atoms with van der Waals surface area (Å²) in [5.41, 5.74) is 2.00. The molecule has 0 aliphatic rings. The van der Waals surface area contributed by atoms with Crippen molar-refractivity contribution in [2.45, 2.75) is 0 Å². The van der Waals surface area contributed by atoms with Gasteiger partial charge in [0.15, 0.2) is 5.88 Å². The first-order valence-electron chi connectivity index (χ1n) is 4.22. The maximum Gasteiger partial charge on any atom is 0.193 e.